The van der Waals surface area contributed by atoms with Gasteiger partial charge in [0.1, 0.15) is 28.1 Å². The molecule has 0 aliphatic rings. The predicted octanol–water partition coefficient (Wildman–Crippen LogP) is 1.56. The molecule has 2 aromatic rings. The van der Waals surface area contributed by atoms with Crippen molar-refractivity contribution in [1.82, 2.24) is 14.7 Å². The summed E-state index contributed by atoms with van der Waals surface area (Å²) in [5.41, 5.74) is 0.844. The Labute approximate surface area is 154 Å². The van der Waals surface area contributed by atoms with Crippen molar-refractivity contribution in [2.45, 2.75) is 18.7 Å². The maximum Gasteiger partial charge on any atom is 0.244 e. The quantitative estimate of drug-likeness (QED) is 0.672. The van der Waals surface area contributed by atoms with Crippen LogP contribution in [0.15, 0.2) is 29.2 Å². The maximum atomic E-state index is 12.5. The van der Waals surface area contributed by atoms with Crippen LogP contribution in [0.1, 0.15) is 11.4 Å². The third-order valence-electron chi connectivity index (χ3n) is 3.61. The van der Waals surface area contributed by atoms with E-state index in [0.29, 0.717) is 23.9 Å². The van der Waals surface area contributed by atoms with Crippen molar-refractivity contribution in [2.24, 2.45) is 0 Å². The van der Waals surface area contributed by atoms with Crippen LogP contribution in [0, 0.1) is 13.8 Å². The molecule has 0 atom stereocenters. The number of anilines is 2. The summed E-state index contributed by atoms with van der Waals surface area (Å²) in [5.74, 6) is 2.39. The number of hydrogen-bond donors (Lipinski definition) is 2. The fourth-order valence-corrected chi connectivity index (χ4v) is 3.60. The summed E-state index contributed by atoms with van der Waals surface area (Å²) in [6, 6.07) is 6.85. The van der Waals surface area contributed by atoms with Gasteiger partial charge in [0, 0.05) is 33.3 Å². The zero-order valence-electron chi connectivity index (χ0n) is 15.7. The van der Waals surface area contributed by atoms with E-state index >= 15 is 0 Å². The second kappa shape index (κ2) is 8.33. The highest BCUT2D eigenvalue weighted by atomic mass is 32.2. The van der Waals surface area contributed by atoms with Crippen LogP contribution in [-0.4, -0.2) is 52.7 Å². The van der Waals surface area contributed by atoms with E-state index in [1.54, 1.807) is 18.2 Å². The second-order valence-corrected chi connectivity index (χ2v) is 7.77. The topological polar surface area (TPSA) is 96.5 Å². The summed E-state index contributed by atoms with van der Waals surface area (Å²) < 4.78 is 32.8. The summed E-state index contributed by atoms with van der Waals surface area (Å²) in [7, 11) is 1.58. The van der Waals surface area contributed by atoms with Gasteiger partial charge in [-0.2, -0.15) is 0 Å². The van der Waals surface area contributed by atoms with E-state index < -0.39 is 10.0 Å². The average molecular weight is 379 g/mol. The van der Waals surface area contributed by atoms with Gasteiger partial charge in [-0.1, -0.05) is 6.07 Å². The molecule has 2 rings (SSSR count). The number of methoxy groups -OCH3 is 1. The number of sulfonamides is 1. The van der Waals surface area contributed by atoms with E-state index in [2.05, 4.69) is 20.0 Å². The Hall–Kier alpha value is -2.39. The van der Waals surface area contributed by atoms with Gasteiger partial charge < -0.3 is 15.0 Å². The number of aromatic nitrogens is 2. The van der Waals surface area contributed by atoms with Crippen molar-refractivity contribution in [3.05, 3.63) is 35.7 Å². The lowest BCUT2D eigenvalue weighted by Gasteiger charge is -2.14. The van der Waals surface area contributed by atoms with Crippen LogP contribution < -0.4 is 19.7 Å². The van der Waals surface area contributed by atoms with E-state index in [0.717, 1.165) is 11.4 Å². The lowest BCUT2D eigenvalue weighted by atomic mass is 10.2. The van der Waals surface area contributed by atoms with Crippen LogP contribution in [0.5, 0.6) is 5.75 Å². The highest BCUT2D eigenvalue weighted by Gasteiger charge is 2.19. The smallest absolute Gasteiger partial charge is 0.244 e. The largest absolute Gasteiger partial charge is 0.495 e. The minimum atomic E-state index is -3.67. The molecule has 0 saturated carbocycles. The number of hydrogen-bond acceptors (Lipinski definition) is 7. The van der Waals surface area contributed by atoms with Gasteiger partial charge in [0.25, 0.3) is 0 Å². The van der Waals surface area contributed by atoms with Crippen LogP contribution in [-0.2, 0) is 10.0 Å². The molecule has 26 heavy (non-hydrogen) atoms. The first kappa shape index (κ1) is 19.9. The number of aryl methyl sites for hydroxylation is 2. The van der Waals surface area contributed by atoms with Crippen molar-refractivity contribution >= 4 is 21.7 Å². The molecule has 0 radical (unpaired) electrons. The first-order valence-corrected chi connectivity index (χ1v) is 9.62. The van der Waals surface area contributed by atoms with Crippen molar-refractivity contribution in [3.8, 4) is 5.75 Å². The SMILES string of the molecule is COc1ccc(C)cc1S(=O)(=O)NCCNc1cc(N(C)C)nc(C)n1. The Morgan fingerprint density at radius 1 is 1.12 bits per heavy atom. The second-order valence-electron chi connectivity index (χ2n) is 6.03. The van der Waals surface area contributed by atoms with Crippen molar-refractivity contribution in [2.75, 3.05) is 44.5 Å². The summed E-state index contributed by atoms with van der Waals surface area (Å²) in [4.78, 5) is 10.6. The maximum absolute atomic E-state index is 12.5. The normalized spacial score (nSPS) is 11.3. The molecule has 0 saturated heterocycles. The lowest BCUT2D eigenvalue weighted by Crippen LogP contribution is -2.29. The lowest BCUT2D eigenvalue weighted by molar-refractivity contribution is 0.402. The van der Waals surface area contributed by atoms with Crippen molar-refractivity contribution in [3.63, 3.8) is 0 Å². The minimum Gasteiger partial charge on any atom is -0.495 e. The molecule has 9 heteroatoms. The third-order valence-corrected chi connectivity index (χ3v) is 5.10. The summed E-state index contributed by atoms with van der Waals surface area (Å²) in [6.07, 6.45) is 0. The van der Waals surface area contributed by atoms with Gasteiger partial charge in [0.15, 0.2) is 0 Å². The summed E-state index contributed by atoms with van der Waals surface area (Å²) >= 11 is 0. The van der Waals surface area contributed by atoms with Gasteiger partial charge >= 0.3 is 0 Å². The number of nitrogens with zero attached hydrogens (tertiary/aromatic N) is 3. The third kappa shape index (κ3) is 5.06. The van der Waals surface area contributed by atoms with E-state index in [9.17, 15) is 8.42 Å². The van der Waals surface area contributed by atoms with Gasteiger partial charge in [-0.25, -0.2) is 23.1 Å². The Balaban J connectivity index is 2.01. The highest BCUT2D eigenvalue weighted by molar-refractivity contribution is 7.89. The highest BCUT2D eigenvalue weighted by Crippen LogP contribution is 2.24. The summed E-state index contributed by atoms with van der Waals surface area (Å²) in [6.45, 7) is 4.24. The van der Waals surface area contributed by atoms with Crippen LogP contribution in [0.4, 0.5) is 11.6 Å². The van der Waals surface area contributed by atoms with Crippen LogP contribution in [0.3, 0.4) is 0 Å². The van der Waals surface area contributed by atoms with Gasteiger partial charge in [-0.3, -0.25) is 0 Å². The van der Waals surface area contributed by atoms with E-state index in [1.807, 2.05) is 38.9 Å². The molecule has 1 aromatic carbocycles. The van der Waals surface area contributed by atoms with Gasteiger partial charge in [-0.05, 0) is 31.5 Å². The fourth-order valence-electron chi connectivity index (χ4n) is 2.32. The predicted molar refractivity (Wildman–Crippen MR) is 103 cm³/mol. The Morgan fingerprint density at radius 2 is 1.85 bits per heavy atom. The molecule has 142 valence electrons. The molecular formula is C17H25N5O3S. The molecule has 2 N–H and O–H groups in total. The zero-order valence-corrected chi connectivity index (χ0v) is 16.5. The molecule has 1 aromatic heterocycles. The zero-order chi connectivity index (χ0) is 19.3. The molecule has 1 heterocycles. The minimum absolute atomic E-state index is 0.132. The van der Waals surface area contributed by atoms with Gasteiger partial charge in [-0.15, -0.1) is 0 Å². The molecule has 0 spiro atoms. The van der Waals surface area contributed by atoms with Crippen LogP contribution in [0.2, 0.25) is 0 Å². The Morgan fingerprint density at radius 3 is 2.50 bits per heavy atom. The van der Waals surface area contributed by atoms with E-state index in [-0.39, 0.29) is 11.4 Å². The number of benzene rings is 1. The number of nitrogens with one attached hydrogen (secondary N) is 2. The van der Waals surface area contributed by atoms with E-state index in [4.69, 9.17) is 4.74 Å². The van der Waals surface area contributed by atoms with E-state index in [1.165, 1.54) is 7.11 Å². The first-order chi connectivity index (χ1) is 12.2. The average Bonchev–Trinajstić information content (AvgIpc) is 2.58. The molecule has 0 amide bonds. The monoisotopic (exact) mass is 379 g/mol. The van der Waals surface area contributed by atoms with Crippen LogP contribution >= 0.6 is 0 Å². The fraction of sp³-hybridized carbons (Fsp3) is 0.412. The molecule has 0 bridgehead atoms. The van der Waals surface area contributed by atoms with Crippen LogP contribution in [0.25, 0.3) is 0 Å². The number of ether oxygens (including phenoxy) is 1. The van der Waals surface area contributed by atoms with Gasteiger partial charge in [0.05, 0.1) is 7.11 Å². The Kier molecular flexibility index (Phi) is 6.38. The molecule has 0 aliphatic carbocycles. The first-order valence-electron chi connectivity index (χ1n) is 8.14. The molecule has 0 fully saturated rings. The molecular weight excluding hydrogens is 354 g/mol. The summed E-state index contributed by atoms with van der Waals surface area (Å²) in [5, 5.41) is 3.11. The number of rotatable bonds is 8. The standard InChI is InChI=1S/C17H25N5O3S/c1-12-6-7-14(25-5)15(10-12)26(23,24)19-9-8-18-16-11-17(22(3)4)21-13(2)20-16/h6-7,10-11,19H,8-9H2,1-5H3,(H,18,20,21). The van der Waals surface area contributed by atoms with Crippen molar-refractivity contribution < 1.29 is 13.2 Å². The van der Waals surface area contributed by atoms with Crippen molar-refractivity contribution in [1.29, 1.82) is 0 Å². The molecule has 8 nitrogen and oxygen atoms in total. The molecule has 0 aliphatic heterocycles. The van der Waals surface area contributed by atoms with Gasteiger partial charge in [0.2, 0.25) is 10.0 Å². The molecule has 0 unspecified atom stereocenters. The Bertz CT molecular complexity index is 869.